The molecule has 1 aliphatic carbocycles. The first-order valence-corrected chi connectivity index (χ1v) is 7.62. The minimum Gasteiger partial charge on any atom is -0.390 e. The van der Waals surface area contributed by atoms with Gasteiger partial charge in [-0.05, 0) is 36.6 Å². The highest BCUT2D eigenvalue weighted by atomic mass is 35.5. The molecule has 0 radical (unpaired) electrons. The average molecular weight is 301 g/mol. The van der Waals surface area contributed by atoms with E-state index >= 15 is 0 Å². The largest absolute Gasteiger partial charge is 0.390 e. The fourth-order valence-electron chi connectivity index (χ4n) is 3.09. The van der Waals surface area contributed by atoms with Crippen LogP contribution in [-0.4, -0.2) is 23.9 Å². The number of benzene rings is 1. The summed E-state index contributed by atoms with van der Waals surface area (Å²) in [5.74, 6) is -0.330. The standard InChI is InChI=1S/C16H22ClFO2/c1-20-16(8-4-2-3-5-9-16)15(19)11-12-10-13(18)6-7-14(12)17/h6-7,10,15,19H,2-5,8-9,11H2,1H3. The third-order valence-corrected chi connectivity index (χ3v) is 4.75. The van der Waals surface area contributed by atoms with Crippen LogP contribution in [0.4, 0.5) is 4.39 Å². The van der Waals surface area contributed by atoms with E-state index in [9.17, 15) is 9.50 Å². The number of rotatable bonds is 4. The first kappa shape index (κ1) is 15.7. The van der Waals surface area contributed by atoms with E-state index in [2.05, 4.69) is 0 Å². The Bertz CT molecular complexity index is 442. The van der Waals surface area contributed by atoms with Crippen LogP contribution in [0.15, 0.2) is 18.2 Å². The van der Waals surface area contributed by atoms with Gasteiger partial charge in [-0.15, -0.1) is 0 Å². The van der Waals surface area contributed by atoms with Gasteiger partial charge in [-0.25, -0.2) is 4.39 Å². The van der Waals surface area contributed by atoms with Crippen LogP contribution in [0.5, 0.6) is 0 Å². The Morgan fingerprint density at radius 3 is 2.55 bits per heavy atom. The summed E-state index contributed by atoms with van der Waals surface area (Å²) in [6, 6.07) is 4.26. The summed E-state index contributed by atoms with van der Waals surface area (Å²) in [6.07, 6.45) is 5.82. The molecular weight excluding hydrogens is 279 g/mol. The first-order chi connectivity index (χ1) is 9.57. The quantitative estimate of drug-likeness (QED) is 0.848. The molecule has 1 N–H and O–H groups in total. The van der Waals surface area contributed by atoms with Crippen LogP contribution in [-0.2, 0) is 11.2 Å². The summed E-state index contributed by atoms with van der Waals surface area (Å²) in [4.78, 5) is 0. The molecule has 1 aromatic rings. The molecule has 0 spiro atoms. The maximum absolute atomic E-state index is 13.3. The summed E-state index contributed by atoms with van der Waals surface area (Å²) in [5.41, 5.74) is 0.117. The molecule has 1 unspecified atom stereocenters. The molecular formula is C16H22ClFO2. The molecule has 112 valence electrons. The van der Waals surface area contributed by atoms with Gasteiger partial charge >= 0.3 is 0 Å². The van der Waals surface area contributed by atoms with Gasteiger partial charge < -0.3 is 9.84 Å². The summed E-state index contributed by atoms with van der Waals surface area (Å²) < 4.78 is 19.0. The molecule has 2 nitrogen and oxygen atoms in total. The van der Waals surface area contributed by atoms with Crippen molar-refractivity contribution in [2.75, 3.05) is 7.11 Å². The van der Waals surface area contributed by atoms with E-state index in [0.29, 0.717) is 17.0 Å². The van der Waals surface area contributed by atoms with Crippen molar-refractivity contribution in [1.82, 2.24) is 0 Å². The van der Waals surface area contributed by atoms with E-state index < -0.39 is 11.7 Å². The normalized spacial score (nSPS) is 20.4. The fraction of sp³-hybridized carbons (Fsp3) is 0.625. The van der Waals surface area contributed by atoms with Crippen LogP contribution in [0.2, 0.25) is 5.02 Å². The van der Waals surface area contributed by atoms with Crippen molar-refractivity contribution in [2.45, 2.75) is 56.7 Å². The van der Waals surface area contributed by atoms with Crippen molar-refractivity contribution in [3.8, 4) is 0 Å². The van der Waals surface area contributed by atoms with E-state index in [1.54, 1.807) is 7.11 Å². The molecule has 0 bridgehead atoms. The Morgan fingerprint density at radius 2 is 1.95 bits per heavy atom. The smallest absolute Gasteiger partial charge is 0.123 e. The summed E-state index contributed by atoms with van der Waals surface area (Å²) in [6.45, 7) is 0. The van der Waals surface area contributed by atoms with Gasteiger partial charge in [0.15, 0.2) is 0 Å². The predicted octanol–water partition coefficient (Wildman–Crippen LogP) is 4.12. The molecule has 2 rings (SSSR count). The lowest BCUT2D eigenvalue weighted by atomic mass is 9.85. The van der Waals surface area contributed by atoms with Crippen molar-refractivity contribution in [3.05, 3.63) is 34.6 Å². The van der Waals surface area contributed by atoms with Crippen LogP contribution in [0.25, 0.3) is 0 Å². The Labute approximate surface area is 124 Å². The Morgan fingerprint density at radius 1 is 1.30 bits per heavy atom. The van der Waals surface area contributed by atoms with Crippen molar-refractivity contribution in [2.24, 2.45) is 0 Å². The van der Waals surface area contributed by atoms with Crippen molar-refractivity contribution in [3.63, 3.8) is 0 Å². The zero-order valence-corrected chi connectivity index (χ0v) is 12.6. The van der Waals surface area contributed by atoms with E-state index in [0.717, 1.165) is 25.7 Å². The number of ether oxygens (including phenoxy) is 1. The van der Waals surface area contributed by atoms with Crippen molar-refractivity contribution in [1.29, 1.82) is 0 Å². The second-order valence-electron chi connectivity index (χ2n) is 5.64. The topological polar surface area (TPSA) is 29.5 Å². The molecule has 1 atom stereocenters. The van der Waals surface area contributed by atoms with Crippen LogP contribution >= 0.6 is 11.6 Å². The highest BCUT2D eigenvalue weighted by molar-refractivity contribution is 6.31. The molecule has 0 heterocycles. The molecule has 0 aromatic heterocycles. The second kappa shape index (κ2) is 6.88. The molecule has 0 aliphatic heterocycles. The Kier molecular flexibility index (Phi) is 5.42. The Balaban J connectivity index is 2.16. The van der Waals surface area contributed by atoms with Gasteiger partial charge in [0, 0.05) is 18.6 Å². The van der Waals surface area contributed by atoms with E-state index in [1.807, 2.05) is 0 Å². The molecule has 4 heteroatoms. The minimum absolute atomic E-state index is 0.324. The van der Waals surface area contributed by atoms with Crippen LogP contribution in [0, 0.1) is 5.82 Å². The number of aliphatic hydroxyl groups excluding tert-OH is 1. The van der Waals surface area contributed by atoms with Crippen LogP contribution < -0.4 is 0 Å². The molecule has 1 saturated carbocycles. The molecule has 1 aliphatic rings. The number of methoxy groups -OCH3 is 1. The van der Waals surface area contributed by atoms with Gasteiger partial charge in [0.2, 0.25) is 0 Å². The predicted molar refractivity (Wildman–Crippen MR) is 78.6 cm³/mol. The van der Waals surface area contributed by atoms with Crippen molar-refractivity contribution < 1.29 is 14.2 Å². The molecule has 20 heavy (non-hydrogen) atoms. The molecule has 1 aromatic carbocycles. The third kappa shape index (κ3) is 3.51. The van der Waals surface area contributed by atoms with Gasteiger partial charge in [-0.2, -0.15) is 0 Å². The second-order valence-corrected chi connectivity index (χ2v) is 6.05. The number of hydrogen-bond acceptors (Lipinski definition) is 2. The van der Waals surface area contributed by atoms with Gasteiger partial charge in [0.25, 0.3) is 0 Å². The lowest BCUT2D eigenvalue weighted by Gasteiger charge is -2.36. The summed E-state index contributed by atoms with van der Waals surface area (Å²) in [5, 5.41) is 11.1. The molecule has 0 saturated heterocycles. The average Bonchev–Trinajstić information content (AvgIpc) is 2.69. The number of aliphatic hydroxyl groups is 1. The van der Waals surface area contributed by atoms with Gasteiger partial charge in [-0.3, -0.25) is 0 Å². The van der Waals surface area contributed by atoms with Crippen molar-refractivity contribution >= 4 is 11.6 Å². The lowest BCUT2D eigenvalue weighted by Crippen LogP contribution is -2.45. The lowest BCUT2D eigenvalue weighted by molar-refractivity contribution is -0.111. The maximum atomic E-state index is 13.3. The monoisotopic (exact) mass is 300 g/mol. The SMILES string of the molecule is COC1(C(O)Cc2cc(F)ccc2Cl)CCCCCC1. The van der Waals surface area contributed by atoms with Gasteiger partial charge in [0.05, 0.1) is 11.7 Å². The number of halogens is 2. The van der Waals surface area contributed by atoms with Crippen LogP contribution in [0.1, 0.15) is 44.1 Å². The zero-order chi connectivity index (χ0) is 14.6. The van der Waals surface area contributed by atoms with E-state index in [-0.39, 0.29) is 5.82 Å². The van der Waals surface area contributed by atoms with Gasteiger partial charge in [-0.1, -0.05) is 37.3 Å². The minimum atomic E-state index is -0.662. The molecule has 1 fully saturated rings. The maximum Gasteiger partial charge on any atom is 0.123 e. The first-order valence-electron chi connectivity index (χ1n) is 7.24. The highest BCUT2D eigenvalue weighted by Crippen LogP contribution is 2.35. The number of hydrogen-bond donors (Lipinski definition) is 1. The van der Waals surface area contributed by atoms with E-state index in [4.69, 9.17) is 16.3 Å². The van der Waals surface area contributed by atoms with Crippen LogP contribution in [0.3, 0.4) is 0 Å². The molecule has 0 amide bonds. The zero-order valence-electron chi connectivity index (χ0n) is 11.9. The van der Waals surface area contributed by atoms with Gasteiger partial charge in [0.1, 0.15) is 5.82 Å². The summed E-state index contributed by atoms with van der Waals surface area (Å²) in [7, 11) is 1.65. The highest BCUT2D eigenvalue weighted by Gasteiger charge is 2.38. The fourth-order valence-corrected chi connectivity index (χ4v) is 3.29. The van der Waals surface area contributed by atoms with E-state index in [1.165, 1.54) is 31.0 Å². The Hall–Kier alpha value is -0.640. The summed E-state index contributed by atoms with van der Waals surface area (Å²) >= 11 is 6.08. The third-order valence-electron chi connectivity index (χ3n) is 4.38.